The topological polar surface area (TPSA) is 55.6 Å². The number of aryl methyl sites for hydroxylation is 2. The third-order valence-electron chi connectivity index (χ3n) is 4.45. The molecule has 0 bridgehead atoms. The molecule has 0 unspecified atom stereocenters. The first kappa shape index (κ1) is 18.0. The minimum Gasteiger partial charge on any atom is -0.338 e. The van der Waals surface area contributed by atoms with E-state index in [0.717, 1.165) is 29.6 Å². The Labute approximate surface area is 161 Å². The van der Waals surface area contributed by atoms with Gasteiger partial charge in [-0.05, 0) is 55.0 Å². The van der Waals surface area contributed by atoms with Crippen LogP contribution < -0.4 is 5.32 Å². The maximum atomic E-state index is 13.3. The normalized spacial score (nSPS) is 11.1. The number of benzene rings is 2. The van der Waals surface area contributed by atoms with Gasteiger partial charge in [-0.1, -0.05) is 13.3 Å². The quantitative estimate of drug-likeness (QED) is 0.530. The Morgan fingerprint density at radius 3 is 2.21 bits per heavy atom. The number of anilines is 2. The van der Waals surface area contributed by atoms with E-state index in [0.29, 0.717) is 22.9 Å². The SMILES string of the molecule is CCCc1nn(C)c2c(Nc3ccc(F)cc3)nc(-c3ccc(F)cc3)nc12. The monoisotopic (exact) mass is 379 g/mol. The average Bonchev–Trinajstić information content (AvgIpc) is 3.00. The van der Waals surface area contributed by atoms with Gasteiger partial charge in [-0.3, -0.25) is 4.68 Å². The molecule has 28 heavy (non-hydrogen) atoms. The van der Waals surface area contributed by atoms with E-state index >= 15 is 0 Å². The van der Waals surface area contributed by atoms with Gasteiger partial charge in [0.25, 0.3) is 0 Å². The molecule has 0 saturated heterocycles. The zero-order valence-corrected chi connectivity index (χ0v) is 15.6. The molecule has 0 saturated carbocycles. The third kappa shape index (κ3) is 3.43. The van der Waals surface area contributed by atoms with E-state index in [9.17, 15) is 8.78 Å². The van der Waals surface area contributed by atoms with Crippen LogP contribution in [-0.2, 0) is 13.5 Å². The van der Waals surface area contributed by atoms with Gasteiger partial charge in [-0.15, -0.1) is 0 Å². The van der Waals surface area contributed by atoms with Crippen molar-refractivity contribution in [2.75, 3.05) is 5.32 Å². The van der Waals surface area contributed by atoms with Crippen molar-refractivity contribution in [3.63, 3.8) is 0 Å². The first-order chi connectivity index (χ1) is 13.5. The highest BCUT2D eigenvalue weighted by Crippen LogP contribution is 2.29. The molecule has 0 aliphatic rings. The van der Waals surface area contributed by atoms with Crippen molar-refractivity contribution < 1.29 is 8.78 Å². The first-order valence-electron chi connectivity index (χ1n) is 9.07. The summed E-state index contributed by atoms with van der Waals surface area (Å²) < 4.78 is 28.3. The standard InChI is InChI=1S/C21H19F2N5/c1-3-4-17-18-19(28(2)27-17)21(24-16-11-9-15(23)10-12-16)26-20(25-18)13-5-7-14(22)8-6-13/h5-12H,3-4H2,1-2H3,(H,24,25,26). The largest absolute Gasteiger partial charge is 0.338 e. The predicted octanol–water partition coefficient (Wildman–Crippen LogP) is 5.00. The van der Waals surface area contributed by atoms with Gasteiger partial charge in [0.2, 0.25) is 0 Å². The Morgan fingerprint density at radius 1 is 0.929 bits per heavy atom. The van der Waals surface area contributed by atoms with Gasteiger partial charge in [0.1, 0.15) is 22.7 Å². The lowest BCUT2D eigenvalue weighted by atomic mass is 10.2. The van der Waals surface area contributed by atoms with Crippen LogP contribution in [0.25, 0.3) is 22.4 Å². The molecule has 142 valence electrons. The van der Waals surface area contributed by atoms with Crippen molar-refractivity contribution in [1.29, 1.82) is 0 Å². The van der Waals surface area contributed by atoms with Crippen LogP contribution in [0.4, 0.5) is 20.3 Å². The molecule has 7 heteroatoms. The van der Waals surface area contributed by atoms with Gasteiger partial charge in [0.15, 0.2) is 11.6 Å². The lowest BCUT2D eigenvalue weighted by molar-refractivity contribution is 0.627. The summed E-state index contributed by atoms with van der Waals surface area (Å²) in [6.45, 7) is 2.08. The van der Waals surface area contributed by atoms with Crippen molar-refractivity contribution in [2.45, 2.75) is 19.8 Å². The number of nitrogens with one attached hydrogen (secondary N) is 1. The minimum atomic E-state index is -0.317. The van der Waals surface area contributed by atoms with E-state index in [1.165, 1.54) is 24.3 Å². The lowest BCUT2D eigenvalue weighted by Crippen LogP contribution is -2.02. The second kappa shape index (κ2) is 7.34. The summed E-state index contributed by atoms with van der Waals surface area (Å²) in [5.74, 6) is 0.412. The van der Waals surface area contributed by atoms with Gasteiger partial charge in [0.05, 0.1) is 5.69 Å². The van der Waals surface area contributed by atoms with Gasteiger partial charge in [0, 0.05) is 18.3 Å². The van der Waals surface area contributed by atoms with E-state index < -0.39 is 0 Å². The van der Waals surface area contributed by atoms with Crippen molar-refractivity contribution in [2.24, 2.45) is 7.05 Å². The number of nitrogens with zero attached hydrogens (tertiary/aromatic N) is 4. The average molecular weight is 379 g/mol. The number of aromatic nitrogens is 4. The van der Waals surface area contributed by atoms with Crippen LogP contribution in [-0.4, -0.2) is 19.7 Å². The van der Waals surface area contributed by atoms with Crippen LogP contribution in [0.2, 0.25) is 0 Å². The fourth-order valence-corrected chi connectivity index (χ4v) is 3.13. The van der Waals surface area contributed by atoms with Crippen LogP contribution >= 0.6 is 0 Å². The molecule has 2 heterocycles. The summed E-state index contributed by atoms with van der Waals surface area (Å²) in [5, 5.41) is 7.84. The van der Waals surface area contributed by atoms with Crippen molar-refractivity contribution >= 4 is 22.5 Å². The molecule has 0 radical (unpaired) electrons. The highest BCUT2D eigenvalue weighted by atomic mass is 19.1. The summed E-state index contributed by atoms with van der Waals surface area (Å²) in [6, 6.07) is 12.1. The van der Waals surface area contributed by atoms with Gasteiger partial charge in [-0.2, -0.15) is 5.10 Å². The molecule has 0 aliphatic carbocycles. The van der Waals surface area contributed by atoms with Gasteiger partial charge >= 0.3 is 0 Å². The highest BCUT2D eigenvalue weighted by molar-refractivity contribution is 5.91. The fraction of sp³-hybridized carbons (Fsp3) is 0.190. The molecular formula is C21H19F2N5. The molecule has 4 rings (SSSR count). The summed E-state index contributed by atoms with van der Waals surface area (Å²) in [6.07, 6.45) is 1.72. The third-order valence-corrected chi connectivity index (χ3v) is 4.45. The molecule has 0 aliphatic heterocycles. The fourth-order valence-electron chi connectivity index (χ4n) is 3.13. The Bertz CT molecular complexity index is 1120. The number of rotatable bonds is 5. The summed E-state index contributed by atoms with van der Waals surface area (Å²) >= 11 is 0. The zero-order chi connectivity index (χ0) is 19.7. The molecule has 0 amide bonds. The molecule has 2 aromatic carbocycles. The van der Waals surface area contributed by atoms with E-state index in [1.807, 2.05) is 7.05 Å². The molecule has 2 aromatic heterocycles. The van der Waals surface area contributed by atoms with E-state index in [1.54, 1.807) is 28.9 Å². The van der Waals surface area contributed by atoms with Crippen molar-refractivity contribution in [3.8, 4) is 11.4 Å². The Morgan fingerprint density at radius 2 is 1.57 bits per heavy atom. The molecule has 5 nitrogen and oxygen atoms in total. The Hall–Kier alpha value is -3.35. The Kier molecular flexibility index (Phi) is 4.73. The molecule has 4 aromatic rings. The van der Waals surface area contributed by atoms with E-state index in [2.05, 4.69) is 22.3 Å². The van der Waals surface area contributed by atoms with Crippen LogP contribution in [0, 0.1) is 11.6 Å². The summed E-state index contributed by atoms with van der Waals surface area (Å²) in [7, 11) is 1.85. The maximum absolute atomic E-state index is 13.3. The highest BCUT2D eigenvalue weighted by Gasteiger charge is 2.18. The zero-order valence-electron chi connectivity index (χ0n) is 15.6. The van der Waals surface area contributed by atoms with Gasteiger partial charge in [-0.25, -0.2) is 18.7 Å². The smallest absolute Gasteiger partial charge is 0.162 e. The van der Waals surface area contributed by atoms with Crippen LogP contribution in [0.5, 0.6) is 0 Å². The lowest BCUT2D eigenvalue weighted by Gasteiger charge is -2.10. The molecular weight excluding hydrogens is 360 g/mol. The predicted molar refractivity (Wildman–Crippen MR) is 105 cm³/mol. The van der Waals surface area contributed by atoms with Crippen molar-refractivity contribution in [3.05, 3.63) is 65.9 Å². The number of halogens is 2. The first-order valence-corrected chi connectivity index (χ1v) is 9.07. The second-order valence-corrected chi connectivity index (χ2v) is 6.55. The molecule has 0 atom stereocenters. The van der Waals surface area contributed by atoms with Crippen molar-refractivity contribution in [1.82, 2.24) is 19.7 Å². The van der Waals surface area contributed by atoms with Gasteiger partial charge < -0.3 is 5.32 Å². The van der Waals surface area contributed by atoms with Crippen LogP contribution in [0.1, 0.15) is 19.0 Å². The molecule has 0 fully saturated rings. The number of hydrogen-bond acceptors (Lipinski definition) is 4. The minimum absolute atomic E-state index is 0.309. The summed E-state index contributed by atoms with van der Waals surface area (Å²) in [4.78, 5) is 9.37. The van der Waals surface area contributed by atoms with E-state index in [4.69, 9.17) is 4.98 Å². The molecule has 1 N–H and O–H groups in total. The second-order valence-electron chi connectivity index (χ2n) is 6.55. The van der Waals surface area contributed by atoms with Crippen LogP contribution in [0.15, 0.2) is 48.5 Å². The molecule has 0 spiro atoms. The van der Waals surface area contributed by atoms with Crippen LogP contribution in [0.3, 0.4) is 0 Å². The summed E-state index contributed by atoms with van der Waals surface area (Å²) in [5.41, 5.74) is 3.80. The maximum Gasteiger partial charge on any atom is 0.162 e. The van der Waals surface area contributed by atoms with E-state index in [-0.39, 0.29) is 11.6 Å². The number of fused-ring (bicyclic) bond motifs is 1. The number of hydrogen-bond donors (Lipinski definition) is 1. The Balaban J connectivity index is 1.89.